The Labute approximate surface area is 187 Å². The summed E-state index contributed by atoms with van der Waals surface area (Å²) >= 11 is 0. The number of primary amides is 1. The number of alkyl halides is 3. The summed E-state index contributed by atoms with van der Waals surface area (Å²) in [6.45, 7) is 0. The molecule has 0 unspecified atom stereocenters. The number of carbonyl (C=O) groups is 1. The summed E-state index contributed by atoms with van der Waals surface area (Å²) in [4.78, 5) is 16.2. The fraction of sp³-hybridized carbons (Fsp3) is 0.208. The first-order valence-electron chi connectivity index (χ1n) is 10.5. The summed E-state index contributed by atoms with van der Waals surface area (Å²) in [5.41, 5.74) is 8.22. The third kappa shape index (κ3) is 4.39. The second kappa shape index (κ2) is 7.91. The van der Waals surface area contributed by atoms with Gasteiger partial charge >= 0.3 is 6.18 Å². The summed E-state index contributed by atoms with van der Waals surface area (Å²) in [5, 5.41) is 7.59. The van der Waals surface area contributed by atoms with Gasteiger partial charge < -0.3 is 11.1 Å². The van der Waals surface area contributed by atoms with E-state index in [-0.39, 0.29) is 0 Å². The highest BCUT2D eigenvalue weighted by Crippen LogP contribution is 2.35. The molecule has 0 saturated heterocycles. The third-order valence-corrected chi connectivity index (χ3v) is 5.68. The smallest absolute Gasteiger partial charge is 0.366 e. The topological polar surface area (TPSA) is 85.3 Å². The van der Waals surface area contributed by atoms with Crippen LogP contribution in [0.5, 0.6) is 0 Å². The van der Waals surface area contributed by atoms with Gasteiger partial charge in [0.15, 0.2) is 5.65 Å². The Balaban J connectivity index is 1.48. The van der Waals surface area contributed by atoms with Crippen LogP contribution in [-0.2, 0) is 12.6 Å². The summed E-state index contributed by atoms with van der Waals surface area (Å²) < 4.78 is 41.0. The van der Waals surface area contributed by atoms with E-state index >= 15 is 0 Å². The number of carbonyl (C=O) groups excluding carboxylic acids is 1. The van der Waals surface area contributed by atoms with Crippen molar-refractivity contribution in [1.82, 2.24) is 14.6 Å². The van der Waals surface area contributed by atoms with Gasteiger partial charge in [0.05, 0.1) is 11.3 Å². The van der Waals surface area contributed by atoms with Gasteiger partial charge in [-0.25, -0.2) is 4.52 Å². The highest BCUT2D eigenvalue weighted by molar-refractivity contribution is 5.95. The van der Waals surface area contributed by atoms with Crippen molar-refractivity contribution in [3.8, 4) is 11.3 Å². The molecule has 168 valence electrons. The fourth-order valence-corrected chi connectivity index (χ4v) is 3.87. The number of nitrogens with two attached hydrogens (primary N) is 1. The Morgan fingerprint density at radius 3 is 2.61 bits per heavy atom. The van der Waals surface area contributed by atoms with E-state index < -0.39 is 17.6 Å². The van der Waals surface area contributed by atoms with Crippen molar-refractivity contribution in [2.24, 2.45) is 11.7 Å². The molecule has 9 heteroatoms. The van der Waals surface area contributed by atoms with Gasteiger partial charge in [0.1, 0.15) is 0 Å². The number of fused-ring (bicyclic) bond motifs is 1. The maximum Gasteiger partial charge on any atom is 0.416 e. The van der Waals surface area contributed by atoms with Gasteiger partial charge in [-0.3, -0.25) is 4.79 Å². The Morgan fingerprint density at radius 2 is 1.88 bits per heavy atom. The number of hydrogen-bond acceptors (Lipinski definition) is 4. The predicted octanol–water partition coefficient (Wildman–Crippen LogP) is 5.21. The Bertz CT molecular complexity index is 1360. The molecule has 6 nitrogen and oxygen atoms in total. The lowest BCUT2D eigenvalue weighted by Crippen LogP contribution is -2.14. The number of nitrogens with one attached hydrogen (secondary N) is 1. The number of benzene rings is 2. The van der Waals surface area contributed by atoms with Crippen LogP contribution in [0.4, 0.5) is 24.8 Å². The lowest BCUT2D eigenvalue weighted by Gasteiger charge is -2.10. The average molecular weight is 451 g/mol. The van der Waals surface area contributed by atoms with Crippen LogP contribution in [0.15, 0.2) is 60.7 Å². The summed E-state index contributed by atoms with van der Waals surface area (Å²) in [5.74, 6) is 0.397. The van der Waals surface area contributed by atoms with E-state index in [1.165, 1.54) is 10.6 Å². The lowest BCUT2D eigenvalue weighted by molar-refractivity contribution is -0.137. The highest BCUT2D eigenvalue weighted by atomic mass is 19.4. The molecule has 3 N–H and O–H groups in total. The molecule has 2 aromatic heterocycles. The number of hydrogen-bond donors (Lipinski definition) is 2. The van der Waals surface area contributed by atoms with Crippen LogP contribution in [-0.4, -0.2) is 20.5 Å². The molecular weight excluding hydrogens is 431 g/mol. The maximum atomic E-state index is 13.2. The first kappa shape index (κ1) is 21.0. The van der Waals surface area contributed by atoms with Crippen LogP contribution in [0.2, 0.25) is 0 Å². The van der Waals surface area contributed by atoms with Crippen LogP contribution >= 0.6 is 0 Å². The molecule has 0 spiro atoms. The van der Waals surface area contributed by atoms with Gasteiger partial charge in [-0.1, -0.05) is 18.2 Å². The van der Waals surface area contributed by atoms with E-state index in [0.29, 0.717) is 40.0 Å². The van der Waals surface area contributed by atoms with E-state index in [9.17, 15) is 18.0 Å². The van der Waals surface area contributed by atoms with Gasteiger partial charge in [-0.15, -0.1) is 5.10 Å². The molecule has 1 amide bonds. The molecule has 33 heavy (non-hydrogen) atoms. The van der Waals surface area contributed by atoms with E-state index in [1.54, 1.807) is 36.4 Å². The van der Waals surface area contributed by atoms with Gasteiger partial charge in [-0.2, -0.15) is 18.2 Å². The van der Waals surface area contributed by atoms with Crippen molar-refractivity contribution < 1.29 is 18.0 Å². The second-order valence-electron chi connectivity index (χ2n) is 8.20. The largest absolute Gasteiger partial charge is 0.416 e. The quantitative estimate of drug-likeness (QED) is 0.421. The van der Waals surface area contributed by atoms with Crippen molar-refractivity contribution in [2.45, 2.75) is 25.4 Å². The van der Waals surface area contributed by atoms with E-state index in [0.717, 1.165) is 37.0 Å². The van der Waals surface area contributed by atoms with Crippen LogP contribution in [0, 0.1) is 5.92 Å². The monoisotopic (exact) mass is 451 g/mol. The Kier molecular flexibility index (Phi) is 5.03. The molecule has 0 bridgehead atoms. The van der Waals surface area contributed by atoms with Crippen LogP contribution in [0.1, 0.15) is 34.3 Å². The molecule has 1 aliphatic rings. The van der Waals surface area contributed by atoms with E-state index in [4.69, 9.17) is 5.73 Å². The standard InChI is InChI=1S/C24H20F3N5O/c25-24(26,27)17-4-1-3-15(12-17)20-5-2-6-21-30-23(31-32(20)21)29-18-9-10-19(22(28)33)16(13-18)11-14-7-8-14/h1-6,9-10,12-14H,7-8,11H2,(H2,28,33)(H,29,31). The highest BCUT2D eigenvalue weighted by Gasteiger charge is 2.30. The van der Waals surface area contributed by atoms with Gasteiger partial charge in [0.2, 0.25) is 11.9 Å². The molecule has 0 aliphatic heterocycles. The number of aromatic nitrogens is 3. The minimum Gasteiger partial charge on any atom is -0.366 e. The van der Waals surface area contributed by atoms with Crippen LogP contribution < -0.4 is 11.1 Å². The first-order chi connectivity index (χ1) is 15.8. The molecule has 0 atom stereocenters. The first-order valence-corrected chi connectivity index (χ1v) is 10.5. The number of halogens is 3. The number of rotatable bonds is 6. The molecule has 1 fully saturated rings. The molecule has 4 aromatic rings. The molecular formula is C24H20F3N5O. The van der Waals surface area contributed by atoms with Crippen molar-refractivity contribution >= 4 is 23.2 Å². The zero-order valence-electron chi connectivity index (χ0n) is 17.4. The van der Waals surface area contributed by atoms with Crippen molar-refractivity contribution in [3.05, 3.63) is 77.4 Å². The Hall–Kier alpha value is -3.88. The fourth-order valence-electron chi connectivity index (χ4n) is 3.87. The Morgan fingerprint density at radius 1 is 1.09 bits per heavy atom. The maximum absolute atomic E-state index is 13.2. The van der Waals surface area contributed by atoms with Crippen molar-refractivity contribution in [1.29, 1.82) is 0 Å². The average Bonchev–Trinajstić information content (AvgIpc) is 3.49. The van der Waals surface area contributed by atoms with Crippen LogP contribution in [0.3, 0.4) is 0 Å². The minimum absolute atomic E-state index is 0.290. The number of pyridine rings is 1. The molecule has 1 saturated carbocycles. The number of nitrogens with zero attached hydrogens (tertiary/aromatic N) is 3. The predicted molar refractivity (Wildman–Crippen MR) is 118 cm³/mol. The van der Waals surface area contributed by atoms with Crippen molar-refractivity contribution in [3.63, 3.8) is 0 Å². The second-order valence-corrected chi connectivity index (χ2v) is 8.20. The van der Waals surface area contributed by atoms with E-state index in [1.807, 2.05) is 6.07 Å². The summed E-state index contributed by atoms with van der Waals surface area (Å²) in [6, 6.07) is 15.5. The van der Waals surface area contributed by atoms with Crippen LogP contribution in [0.25, 0.3) is 16.9 Å². The molecule has 2 heterocycles. The SMILES string of the molecule is NC(=O)c1ccc(Nc2nc3cccc(-c4cccc(C(F)(F)F)c4)n3n2)cc1CC1CC1. The number of anilines is 2. The third-order valence-electron chi connectivity index (χ3n) is 5.68. The minimum atomic E-state index is -4.44. The molecule has 2 aromatic carbocycles. The van der Waals surface area contributed by atoms with Gasteiger partial charge in [-0.05, 0) is 73.2 Å². The zero-order chi connectivity index (χ0) is 23.2. The normalized spacial score (nSPS) is 13.9. The summed E-state index contributed by atoms with van der Waals surface area (Å²) in [7, 11) is 0. The number of amides is 1. The molecule has 0 radical (unpaired) electrons. The van der Waals surface area contributed by atoms with E-state index in [2.05, 4.69) is 15.4 Å². The summed E-state index contributed by atoms with van der Waals surface area (Å²) in [6.07, 6.45) is -1.37. The molecule has 5 rings (SSSR count). The van der Waals surface area contributed by atoms with Gasteiger partial charge in [0.25, 0.3) is 0 Å². The molecule has 1 aliphatic carbocycles. The van der Waals surface area contributed by atoms with Crippen molar-refractivity contribution in [2.75, 3.05) is 5.32 Å². The zero-order valence-corrected chi connectivity index (χ0v) is 17.4. The lowest BCUT2D eigenvalue weighted by atomic mass is 10.0. The van der Waals surface area contributed by atoms with Gasteiger partial charge in [0, 0.05) is 16.8 Å².